The molecule has 1 rings (SSSR count). The van der Waals surface area contributed by atoms with Gasteiger partial charge >= 0.3 is 0 Å². The first-order valence-corrected chi connectivity index (χ1v) is 6.74. The van der Waals surface area contributed by atoms with Gasteiger partial charge in [-0.2, -0.15) is 0 Å². The highest BCUT2D eigenvalue weighted by Crippen LogP contribution is 2.20. The molecule has 108 valence electrons. The van der Waals surface area contributed by atoms with Crippen molar-refractivity contribution in [1.82, 2.24) is 10.3 Å². The second kappa shape index (κ2) is 6.87. The molecular weight excluding hydrogens is 240 g/mol. The van der Waals surface area contributed by atoms with E-state index < -0.39 is 0 Å². The Kier molecular flexibility index (Phi) is 5.76. The van der Waals surface area contributed by atoms with Crippen LogP contribution in [0, 0.1) is 0 Å². The summed E-state index contributed by atoms with van der Waals surface area (Å²) in [6.07, 6.45) is 3.73. The summed E-state index contributed by atoms with van der Waals surface area (Å²) in [7, 11) is 1.92. The van der Waals surface area contributed by atoms with Crippen LogP contribution in [0.1, 0.15) is 46.2 Å². The van der Waals surface area contributed by atoms with Gasteiger partial charge in [-0.1, -0.05) is 0 Å². The van der Waals surface area contributed by atoms with Crippen LogP contribution in [0.4, 0.5) is 0 Å². The summed E-state index contributed by atoms with van der Waals surface area (Å²) in [6.45, 7) is 10.8. The molecular formula is C15H26N2O2. The molecule has 0 fully saturated rings. The van der Waals surface area contributed by atoms with Gasteiger partial charge < -0.3 is 14.8 Å². The molecule has 0 aliphatic heterocycles. The number of nitrogens with zero attached hydrogens (tertiary/aromatic N) is 1. The third-order valence-electron chi connectivity index (χ3n) is 2.54. The molecule has 0 spiro atoms. The number of pyridine rings is 1. The van der Waals surface area contributed by atoms with Gasteiger partial charge in [-0.15, -0.1) is 0 Å². The fraction of sp³-hybridized carbons (Fsp3) is 0.667. The third kappa shape index (κ3) is 6.03. The maximum Gasteiger partial charge on any atom is 0.138 e. The molecule has 1 unspecified atom stereocenters. The number of likely N-dealkylation sites (N-methyl/N-ethyl adjacent to an activating group) is 1. The normalized spacial score (nSPS) is 13.6. The number of ether oxygens (including phenoxy) is 2. The molecule has 0 aromatic carbocycles. The van der Waals surface area contributed by atoms with Crippen molar-refractivity contribution in [2.45, 2.75) is 52.4 Å². The summed E-state index contributed by atoms with van der Waals surface area (Å²) in [5, 5.41) is 3.25. The summed E-state index contributed by atoms with van der Waals surface area (Å²) in [5.74, 6) is 0.795. The van der Waals surface area contributed by atoms with Gasteiger partial charge in [0, 0.05) is 6.20 Å². The topological polar surface area (TPSA) is 43.4 Å². The number of hydrogen-bond donors (Lipinski definition) is 1. The molecule has 4 nitrogen and oxygen atoms in total. The number of rotatable bonds is 6. The molecule has 1 aromatic heterocycles. The number of nitrogens with one attached hydrogen (secondary N) is 1. The van der Waals surface area contributed by atoms with Crippen molar-refractivity contribution in [1.29, 1.82) is 0 Å². The molecule has 1 aromatic rings. The molecule has 1 heterocycles. The van der Waals surface area contributed by atoms with Crippen LogP contribution in [-0.4, -0.2) is 30.3 Å². The standard InChI is InChI=1S/C15H26N2O2/c1-11(2)19-13-7-12(8-17-9-13)14(16-6)10-18-15(3,4)5/h7-9,11,14,16H,10H2,1-6H3. The van der Waals surface area contributed by atoms with E-state index in [1.807, 2.05) is 33.2 Å². The van der Waals surface area contributed by atoms with E-state index in [1.54, 1.807) is 6.20 Å². The van der Waals surface area contributed by atoms with Crippen molar-refractivity contribution in [2.75, 3.05) is 13.7 Å². The minimum Gasteiger partial charge on any atom is -0.489 e. The van der Waals surface area contributed by atoms with Gasteiger partial charge in [0.2, 0.25) is 0 Å². The van der Waals surface area contributed by atoms with E-state index in [9.17, 15) is 0 Å². The lowest BCUT2D eigenvalue weighted by Gasteiger charge is -2.24. The maximum absolute atomic E-state index is 5.83. The highest BCUT2D eigenvalue weighted by Gasteiger charge is 2.16. The summed E-state index contributed by atoms with van der Waals surface area (Å²) in [4.78, 5) is 4.23. The Balaban J connectivity index is 2.75. The van der Waals surface area contributed by atoms with Crippen LogP contribution in [0.5, 0.6) is 5.75 Å². The summed E-state index contributed by atoms with van der Waals surface area (Å²) in [5.41, 5.74) is 0.930. The highest BCUT2D eigenvalue weighted by atomic mass is 16.5. The Morgan fingerprint density at radius 2 is 1.95 bits per heavy atom. The zero-order chi connectivity index (χ0) is 14.5. The molecule has 0 bridgehead atoms. The van der Waals surface area contributed by atoms with Gasteiger partial charge in [0.15, 0.2) is 0 Å². The van der Waals surface area contributed by atoms with E-state index in [1.165, 1.54) is 0 Å². The van der Waals surface area contributed by atoms with Crippen molar-refractivity contribution < 1.29 is 9.47 Å². The first-order valence-electron chi connectivity index (χ1n) is 6.74. The highest BCUT2D eigenvalue weighted by molar-refractivity contribution is 5.26. The molecule has 0 aliphatic rings. The van der Waals surface area contributed by atoms with Gasteiger partial charge in [-0.25, -0.2) is 0 Å². The Morgan fingerprint density at radius 1 is 1.26 bits per heavy atom. The first kappa shape index (κ1) is 15.9. The monoisotopic (exact) mass is 266 g/mol. The van der Waals surface area contributed by atoms with Crippen molar-refractivity contribution in [3.8, 4) is 5.75 Å². The summed E-state index contributed by atoms with van der Waals surface area (Å²) >= 11 is 0. The predicted octanol–water partition coefficient (Wildman–Crippen LogP) is 2.94. The van der Waals surface area contributed by atoms with E-state index in [0.717, 1.165) is 11.3 Å². The lowest BCUT2D eigenvalue weighted by molar-refractivity contribution is -0.0139. The fourth-order valence-electron chi connectivity index (χ4n) is 1.64. The minimum atomic E-state index is -0.144. The fourth-order valence-corrected chi connectivity index (χ4v) is 1.64. The average Bonchev–Trinajstić information content (AvgIpc) is 2.28. The minimum absolute atomic E-state index is 0.113. The molecule has 4 heteroatoms. The Hall–Kier alpha value is -1.13. The van der Waals surface area contributed by atoms with Crippen LogP contribution in [0.15, 0.2) is 18.5 Å². The third-order valence-corrected chi connectivity index (χ3v) is 2.54. The zero-order valence-electron chi connectivity index (χ0n) is 12.9. The molecule has 19 heavy (non-hydrogen) atoms. The smallest absolute Gasteiger partial charge is 0.138 e. The van der Waals surface area contributed by atoms with Crippen LogP contribution >= 0.6 is 0 Å². The van der Waals surface area contributed by atoms with Crippen molar-refractivity contribution >= 4 is 0 Å². The first-order chi connectivity index (χ1) is 8.81. The molecule has 0 amide bonds. The van der Waals surface area contributed by atoms with Crippen LogP contribution in [0.25, 0.3) is 0 Å². The Bertz CT molecular complexity index is 386. The van der Waals surface area contributed by atoms with Crippen LogP contribution in [0.3, 0.4) is 0 Å². The van der Waals surface area contributed by atoms with Gasteiger partial charge in [0.05, 0.1) is 30.6 Å². The quantitative estimate of drug-likeness (QED) is 0.859. The molecule has 0 radical (unpaired) electrons. The lowest BCUT2D eigenvalue weighted by Crippen LogP contribution is -2.28. The second-order valence-corrected chi connectivity index (χ2v) is 5.89. The second-order valence-electron chi connectivity index (χ2n) is 5.89. The van der Waals surface area contributed by atoms with Gasteiger partial charge in [-0.05, 0) is 53.3 Å². The van der Waals surface area contributed by atoms with E-state index in [0.29, 0.717) is 6.61 Å². The molecule has 1 atom stereocenters. The van der Waals surface area contributed by atoms with E-state index in [4.69, 9.17) is 9.47 Å². The Morgan fingerprint density at radius 3 is 2.47 bits per heavy atom. The maximum atomic E-state index is 5.83. The molecule has 0 aliphatic carbocycles. The average molecular weight is 266 g/mol. The van der Waals surface area contributed by atoms with E-state index in [-0.39, 0.29) is 17.7 Å². The van der Waals surface area contributed by atoms with Crippen molar-refractivity contribution in [3.05, 3.63) is 24.0 Å². The van der Waals surface area contributed by atoms with Crippen molar-refractivity contribution in [3.63, 3.8) is 0 Å². The summed E-state index contributed by atoms with van der Waals surface area (Å²) in [6, 6.07) is 2.13. The van der Waals surface area contributed by atoms with Crippen LogP contribution in [0.2, 0.25) is 0 Å². The van der Waals surface area contributed by atoms with Crippen LogP contribution in [-0.2, 0) is 4.74 Å². The number of hydrogen-bond acceptors (Lipinski definition) is 4. The van der Waals surface area contributed by atoms with Gasteiger partial charge in [0.1, 0.15) is 5.75 Å². The SMILES string of the molecule is CNC(COC(C)(C)C)c1cncc(OC(C)C)c1. The summed E-state index contributed by atoms with van der Waals surface area (Å²) < 4.78 is 11.5. The van der Waals surface area contributed by atoms with Crippen molar-refractivity contribution in [2.24, 2.45) is 0 Å². The van der Waals surface area contributed by atoms with Gasteiger partial charge in [0.25, 0.3) is 0 Å². The van der Waals surface area contributed by atoms with E-state index >= 15 is 0 Å². The zero-order valence-corrected chi connectivity index (χ0v) is 12.9. The van der Waals surface area contributed by atoms with Crippen LogP contribution < -0.4 is 10.1 Å². The molecule has 1 N–H and O–H groups in total. The van der Waals surface area contributed by atoms with E-state index in [2.05, 4.69) is 31.1 Å². The van der Waals surface area contributed by atoms with Gasteiger partial charge in [-0.3, -0.25) is 4.98 Å². The Labute approximate surface area is 116 Å². The molecule has 0 saturated heterocycles. The lowest BCUT2D eigenvalue weighted by atomic mass is 10.1. The number of aromatic nitrogens is 1. The largest absolute Gasteiger partial charge is 0.489 e. The predicted molar refractivity (Wildman–Crippen MR) is 77.5 cm³/mol. The molecule has 0 saturated carbocycles.